The van der Waals surface area contributed by atoms with Gasteiger partial charge >= 0.3 is 5.97 Å². The van der Waals surface area contributed by atoms with Crippen molar-refractivity contribution in [2.45, 2.75) is 93.2 Å². The lowest BCUT2D eigenvalue weighted by Crippen LogP contribution is -2.32. The van der Waals surface area contributed by atoms with Gasteiger partial charge in [0.1, 0.15) is 0 Å². The van der Waals surface area contributed by atoms with Gasteiger partial charge in [-0.3, -0.25) is 29.3 Å². The Hall–Kier alpha value is -6.67. The maximum absolute atomic E-state index is 13.3. The van der Waals surface area contributed by atoms with Crippen molar-refractivity contribution in [3.63, 3.8) is 0 Å². The Morgan fingerprint density at radius 3 is 1.38 bits per heavy atom. The lowest BCUT2D eigenvalue weighted by atomic mass is 9.92. The van der Waals surface area contributed by atoms with Crippen molar-refractivity contribution < 1.29 is 33.9 Å². The molecule has 13 nitrogen and oxygen atoms in total. The topological polar surface area (TPSA) is 196 Å². The van der Waals surface area contributed by atoms with Gasteiger partial charge in [0.15, 0.2) is 5.13 Å². The Bertz CT molecular complexity index is 2620. The first-order valence-corrected chi connectivity index (χ1v) is 22.7. The van der Waals surface area contributed by atoms with Crippen LogP contribution in [0.5, 0.6) is 0 Å². The monoisotopic (exact) mass is 898 g/mol. The van der Waals surface area contributed by atoms with Crippen LogP contribution in [0.1, 0.15) is 141 Å². The molecular formula is C51H58N6O7S. The Labute approximate surface area is 384 Å². The van der Waals surface area contributed by atoms with Crippen molar-refractivity contribution in [2.24, 2.45) is 10.8 Å². The van der Waals surface area contributed by atoms with E-state index in [-0.39, 0.29) is 58.0 Å². The van der Waals surface area contributed by atoms with Gasteiger partial charge < -0.3 is 26.4 Å². The van der Waals surface area contributed by atoms with E-state index in [1.165, 1.54) is 17.4 Å². The Morgan fingerprint density at radius 2 is 0.985 bits per heavy atom. The summed E-state index contributed by atoms with van der Waals surface area (Å²) in [6.45, 7) is 16.9. The number of aryl methyl sites for hydroxylation is 2. The number of anilines is 1. The molecule has 65 heavy (non-hydrogen) atoms. The van der Waals surface area contributed by atoms with E-state index in [9.17, 15) is 33.9 Å². The van der Waals surface area contributed by atoms with Gasteiger partial charge in [-0.25, -0.2) is 9.78 Å². The molecule has 0 bridgehead atoms. The van der Waals surface area contributed by atoms with E-state index in [1.807, 2.05) is 73.6 Å². The molecule has 2 saturated carbocycles. The molecule has 2 fully saturated rings. The molecule has 4 aromatic carbocycles. The Balaban J connectivity index is 0.000000218. The van der Waals surface area contributed by atoms with Crippen LogP contribution in [0.3, 0.4) is 0 Å². The highest BCUT2D eigenvalue weighted by molar-refractivity contribution is 7.13. The summed E-state index contributed by atoms with van der Waals surface area (Å²) in [4.78, 5) is 79.8. The number of carboxylic acid groups (broad SMARTS) is 1. The summed E-state index contributed by atoms with van der Waals surface area (Å²) in [6.07, 6.45) is 5.61. The zero-order valence-corrected chi connectivity index (χ0v) is 39.0. The van der Waals surface area contributed by atoms with Gasteiger partial charge in [0, 0.05) is 64.6 Å². The maximum atomic E-state index is 13.3. The minimum absolute atomic E-state index is 0.0289. The molecule has 0 atom stereocenters. The van der Waals surface area contributed by atoms with Crippen LogP contribution in [0.2, 0.25) is 0 Å². The summed E-state index contributed by atoms with van der Waals surface area (Å²) in [7, 11) is 0. The number of rotatable bonds is 13. The normalized spacial score (nSPS) is 13.4. The average Bonchev–Trinajstić information content (AvgIpc) is 4.20. The number of thiazole rings is 1. The Morgan fingerprint density at radius 1 is 0.569 bits per heavy atom. The number of hydrogen-bond acceptors (Lipinski definition) is 8. The van der Waals surface area contributed by atoms with Gasteiger partial charge in [-0.15, -0.1) is 11.3 Å². The highest BCUT2D eigenvalue weighted by Gasteiger charge is 2.27. The maximum Gasteiger partial charge on any atom is 0.336 e. The summed E-state index contributed by atoms with van der Waals surface area (Å²) >= 11 is 1.31. The average molecular weight is 899 g/mol. The molecule has 0 saturated heterocycles. The second kappa shape index (κ2) is 20.0. The fourth-order valence-electron chi connectivity index (χ4n) is 6.65. The van der Waals surface area contributed by atoms with Crippen molar-refractivity contribution in [2.75, 3.05) is 18.4 Å². The predicted molar refractivity (Wildman–Crippen MR) is 255 cm³/mol. The minimum Gasteiger partial charge on any atom is -0.478 e. The number of nitrogens with zero attached hydrogens (tertiary/aromatic N) is 1. The predicted octanol–water partition coefficient (Wildman–Crippen LogP) is 9.07. The van der Waals surface area contributed by atoms with Gasteiger partial charge in [0.05, 0.1) is 5.56 Å². The second-order valence-corrected chi connectivity index (χ2v) is 20.1. The first kappa shape index (κ1) is 47.8. The number of hydrogen-bond donors (Lipinski definition) is 6. The number of carbonyl (C=O) groups is 6. The summed E-state index contributed by atoms with van der Waals surface area (Å²) < 4.78 is 0. The van der Waals surface area contributed by atoms with Crippen LogP contribution < -0.4 is 26.6 Å². The molecule has 2 aliphatic carbocycles. The zero-order chi connectivity index (χ0) is 47.2. The van der Waals surface area contributed by atoms with Crippen LogP contribution in [-0.4, -0.2) is 70.8 Å². The van der Waals surface area contributed by atoms with E-state index in [4.69, 9.17) is 0 Å². The molecule has 0 radical (unpaired) electrons. The third-order valence-electron chi connectivity index (χ3n) is 10.7. The van der Waals surface area contributed by atoms with Crippen molar-refractivity contribution in [1.82, 2.24) is 26.3 Å². The quantitative estimate of drug-likeness (QED) is 0.0673. The van der Waals surface area contributed by atoms with Crippen LogP contribution >= 0.6 is 11.3 Å². The molecule has 7 rings (SSSR count). The SMILES string of the molecule is Cc1ccc(C(=O)NC2CC2)cc1-c1ccc(C(=O)NCC(C)(C)C)cc1C(=O)Nc1nccs1.Cc1ccc(C(=O)NC2CC2)cc1-c1ccc(C(=O)NCC(C)(C)C)cc1C(=O)O. The molecule has 0 aliphatic heterocycles. The highest BCUT2D eigenvalue weighted by Crippen LogP contribution is 2.32. The number of aromatic nitrogens is 1. The summed E-state index contributed by atoms with van der Waals surface area (Å²) in [5, 5.41) is 26.6. The van der Waals surface area contributed by atoms with E-state index in [1.54, 1.807) is 60.1 Å². The van der Waals surface area contributed by atoms with Gasteiger partial charge in [-0.2, -0.15) is 0 Å². The van der Waals surface area contributed by atoms with Crippen molar-refractivity contribution in [3.05, 3.63) is 129 Å². The van der Waals surface area contributed by atoms with Crippen LogP contribution in [0.15, 0.2) is 84.4 Å². The van der Waals surface area contributed by atoms with Crippen LogP contribution in [0.25, 0.3) is 22.3 Å². The summed E-state index contributed by atoms with van der Waals surface area (Å²) in [6, 6.07) is 21.0. The molecule has 6 N–H and O–H groups in total. The molecule has 0 unspecified atom stereocenters. The van der Waals surface area contributed by atoms with Gasteiger partial charge in [-0.1, -0.05) is 65.8 Å². The van der Waals surface area contributed by atoms with Crippen molar-refractivity contribution in [1.29, 1.82) is 0 Å². The molecule has 5 aromatic rings. The van der Waals surface area contributed by atoms with Gasteiger partial charge in [-0.05, 0) is 132 Å². The number of nitrogens with one attached hydrogen (secondary N) is 5. The summed E-state index contributed by atoms with van der Waals surface area (Å²) in [5.74, 6) is -2.33. The smallest absolute Gasteiger partial charge is 0.336 e. The second-order valence-electron chi connectivity index (χ2n) is 19.2. The van der Waals surface area contributed by atoms with E-state index in [2.05, 4.69) is 31.6 Å². The molecule has 0 spiro atoms. The van der Waals surface area contributed by atoms with E-state index < -0.39 is 5.97 Å². The fourth-order valence-corrected chi connectivity index (χ4v) is 7.17. The third-order valence-corrected chi connectivity index (χ3v) is 11.3. The molecule has 1 heterocycles. The first-order valence-electron chi connectivity index (χ1n) is 21.8. The van der Waals surface area contributed by atoms with E-state index in [0.29, 0.717) is 62.7 Å². The molecule has 5 amide bonds. The lowest BCUT2D eigenvalue weighted by Gasteiger charge is -2.19. The molecule has 14 heteroatoms. The number of aromatic carboxylic acids is 1. The number of benzene rings is 4. The standard InChI is InChI=1S/C27H30N4O3S.C24H28N2O4/c1-16-5-6-18(24(33)30-19-8-9-19)13-21(16)20-10-7-17(23(32)29-15-27(2,3)4)14-22(20)25(34)31-26-28-11-12-35-26;1-14-5-6-16(22(28)26-17-8-9-17)11-19(14)18-10-7-15(12-20(18)23(29)30)21(27)25-13-24(2,3)4/h5-7,10-14,19H,8-9,15H2,1-4H3,(H,29,32)(H,30,33)(H,28,31,34);5-7,10-12,17H,8-9,13H2,1-4H3,(H,25,27)(H,26,28)(H,29,30). The number of carbonyl (C=O) groups excluding carboxylic acids is 5. The number of carboxylic acids is 1. The Kier molecular flexibility index (Phi) is 14.7. The highest BCUT2D eigenvalue weighted by atomic mass is 32.1. The van der Waals surface area contributed by atoms with Gasteiger partial charge in [0.2, 0.25) is 0 Å². The zero-order valence-electron chi connectivity index (χ0n) is 38.2. The van der Waals surface area contributed by atoms with Gasteiger partial charge in [0.25, 0.3) is 29.5 Å². The van der Waals surface area contributed by atoms with Crippen LogP contribution in [-0.2, 0) is 0 Å². The fraction of sp³-hybridized carbons (Fsp3) is 0.353. The molecule has 1 aromatic heterocycles. The molecule has 2 aliphatic rings. The largest absolute Gasteiger partial charge is 0.478 e. The van der Waals surface area contributed by atoms with Crippen LogP contribution in [0.4, 0.5) is 5.13 Å². The van der Waals surface area contributed by atoms with Crippen molar-refractivity contribution >= 4 is 52.0 Å². The number of amides is 5. The molecular weight excluding hydrogens is 841 g/mol. The first-order chi connectivity index (χ1) is 30.7. The lowest BCUT2D eigenvalue weighted by molar-refractivity contribution is 0.0696. The van der Waals surface area contributed by atoms with E-state index >= 15 is 0 Å². The molecule has 340 valence electrons. The van der Waals surface area contributed by atoms with Crippen molar-refractivity contribution in [3.8, 4) is 22.3 Å². The minimum atomic E-state index is -1.12. The van der Waals surface area contributed by atoms with E-state index in [0.717, 1.165) is 42.4 Å². The third kappa shape index (κ3) is 13.4. The van der Waals surface area contributed by atoms with Crippen LogP contribution in [0, 0.1) is 24.7 Å². The summed E-state index contributed by atoms with van der Waals surface area (Å²) in [5.41, 5.74) is 6.25.